The molecule has 3 aromatic carbocycles. The van der Waals surface area contributed by atoms with Crippen LogP contribution >= 0.6 is 36.0 Å². The normalized spacial score (nSPS) is 38.2. The minimum atomic E-state index is -0.770. The van der Waals surface area contributed by atoms with E-state index in [0.29, 0.717) is 47.8 Å². The lowest BCUT2D eigenvalue weighted by molar-refractivity contribution is -0.142. The highest BCUT2D eigenvalue weighted by atomic mass is 35.5. The Morgan fingerprint density at radius 3 is 1.05 bits per heavy atom. The van der Waals surface area contributed by atoms with Gasteiger partial charge in [0.1, 0.15) is 31.4 Å². The third-order valence-corrected chi connectivity index (χ3v) is 21.9. The summed E-state index contributed by atoms with van der Waals surface area (Å²) in [5, 5.41) is 6.30. The zero-order chi connectivity index (χ0) is 55.1. The Balaban J connectivity index is 0.000000108. The van der Waals surface area contributed by atoms with Crippen LogP contribution in [-0.2, 0) is 43.6 Å². The number of ketones is 2. The van der Waals surface area contributed by atoms with E-state index in [2.05, 4.69) is 15.4 Å². The van der Waals surface area contributed by atoms with Crippen molar-refractivity contribution in [2.24, 2.45) is 82.5 Å². The summed E-state index contributed by atoms with van der Waals surface area (Å²) in [6.07, 6.45) is 21.5. The minimum Gasteiger partial charge on any atom is -0.449 e. The molecule has 422 valence electrons. The number of halogens is 1. The van der Waals surface area contributed by atoms with Crippen LogP contribution in [0.15, 0.2) is 91.0 Å². The Labute approximate surface area is 481 Å². The number of hydrogen-bond acceptors (Lipinski definition) is 12. The molecule has 16 aliphatic carbocycles. The van der Waals surface area contributed by atoms with Gasteiger partial charge in [0.25, 0.3) is 0 Å². The van der Waals surface area contributed by atoms with Crippen LogP contribution < -0.4 is 22.1 Å². The van der Waals surface area contributed by atoms with Gasteiger partial charge in [0.05, 0.1) is 0 Å². The van der Waals surface area contributed by atoms with E-state index in [9.17, 15) is 24.0 Å². The van der Waals surface area contributed by atoms with Crippen molar-refractivity contribution in [2.75, 3.05) is 0 Å². The Kier molecular flexibility index (Phi) is 16.6. The average Bonchev–Trinajstić information content (AvgIpc) is 3.53. The summed E-state index contributed by atoms with van der Waals surface area (Å²) in [5.74, 6) is 7.55. The second-order valence-electron chi connectivity index (χ2n) is 26.7. The predicted molar refractivity (Wildman–Crippen MR) is 311 cm³/mol. The SMILES string of the molecule is NC12CC3CC(C1)C(=O)C(C3)C2.NC12CC3CC(C1)C(=S)C(C3)C2.O=C(Cl)OCc1ccccc1.O=C(NC12CC3CC(C1)C(=O)C(C3)C2)OCc1ccccc1.O=C(NC12CC3CC(C1)C(=S)C(C3)C2)OCc1ccccc1. The fourth-order valence-electron chi connectivity index (χ4n) is 18.1. The first-order valence-corrected chi connectivity index (χ1v) is 30.6. The fraction of sp³-hybridized carbons (Fsp3) is 0.609. The second kappa shape index (κ2) is 23.3. The second-order valence-corrected chi connectivity index (χ2v) is 27.9. The molecule has 2 amide bonds. The Morgan fingerprint density at radius 2 is 0.709 bits per heavy atom. The molecule has 16 saturated carbocycles. The first kappa shape index (κ1) is 56.3. The zero-order valence-corrected chi connectivity index (χ0v) is 47.9. The van der Waals surface area contributed by atoms with Gasteiger partial charge < -0.3 is 36.3 Å². The van der Waals surface area contributed by atoms with E-state index in [4.69, 9.17) is 57.0 Å². The average molecular weight is 1130 g/mol. The molecule has 0 heterocycles. The molecule has 19 rings (SSSR count). The molecule has 8 unspecified atom stereocenters. The van der Waals surface area contributed by atoms with Crippen LogP contribution in [-0.4, -0.2) is 61.1 Å². The summed E-state index contributed by atoms with van der Waals surface area (Å²) in [5.41, 5.74) is 14.7. The molecule has 0 aromatic heterocycles. The van der Waals surface area contributed by atoms with Crippen molar-refractivity contribution in [1.82, 2.24) is 10.6 Å². The number of Topliss-reactive ketones (excluding diaryl/α,β-unsaturated/α-hetero) is 2. The lowest BCUT2D eigenvalue weighted by Crippen LogP contribution is -2.62. The van der Waals surface area contributed by atoms with Crippen molar-refractivity contribution in [3.63, 3.8) is 0 Å². The van der Waals surface area contributed by atoms with Gasteiger partial charge in [0.15, 0.2) is 0 Å². The van der Waals surface area contributed by atoms with Gasteiger partial charge in [-0.15, -0.1) is 0 Å². The van der Waals surface area contributed by atoms with Crippen molar-refractivity contribution in [3.05, 3.63) is 108 Å². The largest absolute Gasteiger partial charge is 0.449 e. The van der Waals surface area contributed by atoms with Crippen LogP contribution in [0, 0.1) is 71.0 Å². The molecule has 16 aliphatic rings. The third-order valence-electron chi connectivity index (χ3n) is 20.4. The van der Waals surface area contributed by atoms with Gasteiger partial charge in [0.2, 0.25) is 0 Å². The van der Waals surface area contributed by atoms with Crippen LogP contribution in [0.25, 0.3) is 0 Å². The highest BCUT2D eigenvalue weighted by Crippen LogP contribution is 2.57. The lowest BCUT2D eigenvalue weighted by Gasteiger charge is -2.56. The summed E-state index contributed by atoms with van der Waals surface area (Å²) in [6.45, 7) is 0.860. The predicted octanol–water partition coefficient (Wildman–Crippen LogP) is 12.5. The van der Waals surface area contributed by atoms with E-state index < -0.39 is 5.43 Å². The smallest absolute Gasteiger partial charge is 0.407 e. The number of nitrogens with two attached hydrogens (primary N) is 2. The summed E-state index contributed by atoms with van der Waals surface area (Å²) in [6, 6.07) is 28.9. The highest BCUT2D eigenvalue weighted by Gasteiger charge is 2.57. The van der Waals surface area contributed by atoms with Crippen molar-refractivity contribution in [1.29, 1.82) is 0 Å². The number of nitrogens with one attached hydrogen (secondary N) is 2. The Bertz CT molecular complexity index is 2540. The number of benzene rings is 3. The molecule has 79 heavy (non-hydrogen) atoms. The summed E-state index contributed by atoms with van der Waals surface area (Å²) < 4.78 is 15.3. The first-order valence-electron chi connectivity index (χ1n) is 29.4. The maximum absolute atomic E-state index is 12.2. The summed E-state index contributed by atoms with van der Waals surface area (Å²) in [4.78, 5) is 61.0. The van der Waals surface area contributed by atoms with Gasteiger partial charge in [0, 0.05) is 57.4 Å². The maximum atomic E-state index is 12.2. The standard InChI is InChI=1S/C18H21NO3.C18H21NO2S.C10H15NO.C10H15NS.C8H7ClO2/c20-16-14-6-13-7-15(16)10-18(8-13,9-14)19-17(21)22-11-12-4-2-1-3-5-12;20-17(21-11-12-4-2-1-3-5-12)19-18-8-13-6-14(9-18)16(22)15(7-13)10-18;2*11-10-3-6-1-7(4-10)9(12)8(2-6)5-10;9-8(10)11-6-7-4-2-1-3-5-7/h1-5,13-15H,6-11H2,(H,19,21);1-5,13-15H,6-11H2,(H,19,20);2*6-8H,1-5,11H2;1-5H,6H2. The van der Waals surface area contributed by atoms with Crippen LogP contribution in [0.1, 0.15) is 145 Å². The van der Waals surface area contributed by atoms with Crippen LogP contribution in [0.2, 0.25) is 0 Å². The number of ether oxygens (including phenoxy) is 3. The molecule has 6 N–H and O–H groups in total. The van der Waals surface area contributed by atoms with E-state index in [-0.39, 0.29) is 59.4 Å². The summed E-state index contributed by atoms with van der Waals surface area (Å²) >= 11 is 16.0. The Morgan fingerprint density at radius 1 is 0.430 bits per heavy atom. The fourth-order valence-corrected chi connectivity index (χ4v) is 18.9. The monoisotopic (exact) mass is 1130 g/mol. The molecule has 16 bridgehead atoms. The van der Waals surface area contributed by atoms with Gasteiger partial charge >= 0.3 is 17.6 Å². The van der Waals surface area contributed by atoms with Gasteiger partial charge in [-0.25, -0.2) is 14.4 Å². The zero-order valence-electron chi connectivity index (χ0n) is 45.5. The molecule has 15 heteroatoms. The van der Waals surface area contributed by atoms with Gasteiger partial charge in [-0.05, 0) is 202 Å². The molecule has 8 atom stereocenters. The lowest BCUT2D eigenvalue weighted by atomic mass is 9.52. The molecule has 0 radical (unpaired) electrons. The minimum absolute atomic E-state index is 0.0599. The molecule has 0 aliphatic heterocycles. The summed E-state index contributed by atoms with van der Waals surface area (Å²) in [7, 11) is 0. The molecular formula is C64H79ClN4O8S2. The molecule has 0 spiro atoms. The van der Waals surface area contributed by atoms with Crippen LogP contribution in [0.4, 0.5) is 14.4 Å². The quantitative estimate of drug-likeness (QED) is 0.0950. The van der Waals surface area contributed by atoms with Crippen molar-refractivity contribution < 1.29 is 38.2 Å². The van der Waals surface area contributed by atoms with Crippen LogP contribution in [0.5, 0.6) is 0 Å². The third kappa shape index (κ3) is 13.2. The van der Waals surface area contributed by atoms with E-state index in [1.165, 1.54) is 61.1 Å². The number of rotatable bonds is 8. The molecular weight excluding hydrogens is 1050 g/mol. The first-order chi connectivity index (χ1) is 37.9. The van der Waals surface area contributed by atoms with Gasteiger partial charge in [-0.2, -0.15) is 0 Å². The number of carbonyl (C=O) groups excluding carboxylic acids is 5. The maximum Gasteiger partial charge on any atom is 0.407 e. The number of amides is 2. The number of alkyl carbamates (subject to hydrolysis) is 2. The van der Waals surface area contributed by atoms with Gasteiger partial charge in [-0.3, -0.25) is 9.59 Å². The van der Waals surface area contributed by atoms with E-state index >= 15 is 0 Å². The number of hydrogen-bond donors (Lipinski definition) is 4. The molecule has 3 aromatic rings. The van der Waals surface area contributed by atoms with Crippen molar-refractivity contribution in [2.45, 2.75) is 170 Å². The number of thiocarbonyl (C=S) groups is 2. The van der Waals surface area contributed by atoms with Crippen molar-refractivity contribution in [3.8, 4) is 0 Å². The molecule has 12 nitrogen and oxygen atoms in total. The van der Waals surface area contributed by atoms with E-state index in [1.54, 1.807) is 0 Å². The van der Waals surface area contributed by atoms with E-state index in [1.807, 2.05) is 91.0 Å². The van der Waals surface area contributed by atoms with Crippen LogP contribution in [0.3, 0.4) is 0 Å². The Hall–Kier alpha value is -4.60. The topological polar surface area (TPSA) is 189 Å². The molecule has 16 fully saturated rings. The van der Waals surface area contributed by atoms with Gasteiger partial charge in [-0.1, -0.05) is 115 Å². The highest BCUT2D eigenvalue weighted by molar-refractivity contribution is 7.80. The van der Waals surface area contributed by atoms with E-state index in [0.717, 1.165) is 123 Å². The molecule has 0 saturated heterocycles. The number of carbonyl (C=O) groups is 5. The van der Waals surface area contributed by atoms with Crippen molar-refractivity contribution >= 4 is 74.9 Å².